The number of nitrogen functional groups attached to an aromatic ring is 1. The molecule has 17 heavy (non-hydrogen) atoms. The van der Waals surface area contributed by atoms with Gasteiger partial charge in [0.15, 0.2) is 0 Å². The molecule has 0 aliphatic heterocycles. The van der Waals surface area contributed by atoms with Crippen molar-refractivity contribution in [3.05, 3.63) is 23.3 Å². The Morgan fingerprint density at radius 3 is 2.29 bits per heavy atom. The van der Waals surface area contributed by atoms with Crippen LogP contribution in [0.2, 0.25) is 0 Å². The number of anilines is 2. The van der Waals surface area contributed by atoms with Crippen molar-refractivity contribution in [3.63, 3.8) is 0 Å². The molecule has 2 rings (SSSR count). The molecule has 2 heteroatoms. The SMILES string of the molecule is Cc1cc(N)c(NC2CCC(C)CC2)cc1C. The Morgan fingerprint density at radius 2 is 1.65 bits per heavy atom. The summed E-state index contributed by atoms with van der Waals surface area (Å²) in [5.41, 5.74) is 10.7. The van der Waals surface area contributed by atoms with Gasteiger partial charge in [0.1, 0.15) is 0 Å². The summed E-state index contributed by atoms with van der Waals surface area (Å²) in [4.78, 5) is 0. The molecule has 1 aromatic carbocycles. The Labute approximate surface area is 105 Å². The van der Waals surface area contributed by atoms with E-state index in [4.69, 9.17) is 5.73 Å². The molecule has 0 radical (unpaired) electrons. The summed E-state index contributed by atoms with van der Waals surface area (Å²) in [6, 6.07) is 4.86. The maximum atomic E-state index is 6.07. The molecule has 1 aliphatic carbocycles. The van der Waals surface area contributed by atoms with E-state index >= 15 is 0 Å². The van der Waals surface area contributed by atoms with Crippen molar-refractivity contribution in [2.45, 2.75) is 52.5 Å². The maximum Gasteiger partial charge on any atom is 0.0578 e. The van der Waals surface area contributed by atoms with Gasteiger partial charge in [-0.2, -0.15) is 0 Å². The van der Waals surface area contributed by atoms with Crippen molar-refractivity contribution in [1.29, 1.82) is 0 Å². The van der Waals surface area contributed by atoms with Gasteiger partial charge in [0.25, 0.3) is 0 Å². The number of hydrogen-bond acceptors (Lipinski definition) is 2. The normalized spacial score (nSPS) is 24.6. The molecule has 0 saturated heterocycles. The van der Waals surface area contributed by atoms with Gasteiger partial charge in [-0.05, 0) is 68.7 Å². The van der Waals surface area contributed by atoms with Gasteiger partial charge in [0.2, 0.25) is 0 Å². The highest BCUT2D eigenvalue weighted by molar-refractivity contribution is 5.68. The fraction of sp³-hybridized carbons (Fsp3) is 0.600. The van der Waals surface area contributed by atoms with Crippen molar-refractivity contribution in [1.82, 2.24) is 0 Å². The minimum atomic E-state index is 0.607. The van der Waals surface area contributed by atoms with E-state index in [0.717, 1.165) is 17.3 Å². The lowest BCUT2D eigenvalue weighted by Gasteiger charge is -2.28. The molecular weight excluding hydrogens is 208 g/mol. The second-order valence-corrected chi connectivity index (χ2v) is 5.62. The van der Waals surface area contributed by atoms with E-state index in [2.05, 4.69) is 38.2 Å². The van der Waals surface area contributed by atoms with Gasteiger partial charge < -0.3 is 11.1 Å². The first kappa shape index (κ1) is 12.3. The maximum absolute atomic E-state index is 6.07. The molecule has 0 unspecified atom stereocenters. The highest BCUT2D eigenvalue weighted by atomic mass is 14.9. The van der Waals surface area contributed by atoms with E-state index < -0.39 is 0 Å². The average molecular weight is 232 g/mol. The summed E-state index contributed by atoms with van der Waals surface area (Å²) in [7, 11) is 0. The monoisotopic (exact) mass is 232 g/mol. The first-order valence-electron chi connectivity index (χ1n) is 6.69. The highest BCUT2D eigenvalue weighted by Gasteiger charge is 2.18. The van der Waals surface area contributed by atoms with Crippen LogP contribution in [-0.4, -0.2) is 6.04 Å². The molecule has 0 bridgehead atoms. The van der Waals surface area contributed by atoms with Crippen molar-refractivity contribution < 1.29 is 0 Å². The zero-order valence-corrected chi connectivity index (χ0v) is 11.2. The average Bonchev–Trinajstić information content (AvgIpc) is 2.29. The Kier molecular flexibility index (Phi) is 3.60. The number of rotatable bonds is 2. The second-order valence-electron chi connectivity index (χ2n) is 5.62. The van der Waals surface area contributed by atoms with Crippen LogP contribution in [0.25, 0.3) is 0 Å². The van der Waals surface area contributed by atoms with Crippen LogP contribution >= 0.6 is 0 Å². The fourth-order valence-corrected chi connectivity index (χ4v) is 2.59. The predicted molar refractivity (Wildman–Crippen MR) is 75.4 cm³/mol. The first-order valence-corrected chi connectivity index (χ1v) is 6.69. The molecule has 2 nitrogen and oxygen atoms in total. The van der Waals surface area contributed by atoms with Crippen molar-refractivity contribution in [2.75, 3.05) is 11.1 Å². The van der Waals surface area contributed by atoms with Gasteiger partial charge in [-0.25, -0.2) is 0 Å². The van der Waals surface area contributed by atoms with Crippen LogP contribution in [0.1, 0.15) is 43.7 Å². The third kappa shape index (κ3) is 2.93. The minimum Gasteiger partial charge on any atom is -0.397 e. The standard InChI is InChI=1S/C15H24N2/c1-10-4-6-13(7-5-10)17-15-9-12(3)11(2)8-14(15)16/h8-10,13,17H,4-7,16H2,1-3H3. The molecule has 0 spiro atoms. The van der Waals surface area contributed by atoms with Gasteiger partial charge >= 0.3 is 0 Å². The van der Waals surface area contributed by atoms with Gasteiger partial charge in [-0.1, -0.05) is 6.92 Å². The van der Waals surface area contributed by atoms with Crippen LogP contribution < -0.4 is 11.1 Å². The number of nitrogens with one attached hydrogen (secondary N) is 1. The van der Waals surface area contributed by atoms with E-state index in [0.29, 0.717) is 6.04 Å². The molecule has 1 aromatic rings. The minimum absolute atomic E-state index is 0.607. The molecule has 0 heterocycles. The molecule has 0 amide bonds. The Balaban J connectivity index is 2.06. The van der Waals surface area contributed by atoms with Crippen molar-refractivity contribution >= 4 is 11.4 Å². The van der Waals surface area contributed by atoms with Crippen LogP contribution in [0.5, 0.6) is 0 Å². The summed E-state index contributed by atoms with van der Waals surface area (Å²) in [5, 5.41) is 3.61. The molecule has 0 aromatic heterocycles. The number of aryl methyl sites for hydroxylation is 2. The van der Waals surface area contributed by atoms with Crippen molar-refractivity contribution in [2.24, 2.45) is 5.92 Å². The highest BCUT2D eigenvalue weighted by Crippen LogP contribution is 2.29. The van der Waals surface area contributed by atoms with E-state index in [1.807, 2.05) is 0 Å². The van der Waals surface area contributed by atoms with E-state index in [1.165, 1.54) is 36.8 Å². The lowest BCUT2D eigenvalue weighted by Crippen LogP contribution is -2.25. The molecule has 3 N–H and O–H groups in total. The Morgan fingerprint density at radius 1 is 1.06 bits per heavy atom. The molecule has 1 saturated carbocycles. The smallest absolute Gasteiger partial charge is 0.0578 e. The lowest BCUT2D eigenvalue weighted by atomic mass is 9.87. The molecular formula is C15H24N2. The second kappa shape index (κ2) is 4.99. The summed E-state index contributed by atoms with van der Waals surface area (Å²) < 4.78 is 0. The van der Waals surface area contributed by atoms with E-state index in [-0.39, 0.29) is 0 Å². The third-order valence-corrected chi connectivity index (χ3v) is 4.04. The summed E-state index contributed by atoms with van der Waals surface area (Å²) in [6.07, 6.45) is 5.21. The third-order valence-electron chi connectivity index (χ3n) is 4.04. The van der Waals surface area contributed by atoms with E-state index in [1.54, 1.807) is 0 Å². The van der Waals surface area contributed by atoms with E-state index in [9.17, 15) is 0 Å². The van der Waals surface area contributed by atoms with Gasteiger partial charge in [0, 0.05) is 6.04 Å². The Bertz CT molecular complexity index is 390. The zero-order valence-electron chi connectivity index (χ0n) is 11.2. The fourth-order valence-electron chi connectivity index (χ4n) is 2.59. The van der Waals surface area contributed by atoms with Crippen LogP contribution in [0.3, 0.4) is 0 Å². The van der Waals surface area contributed by atoms with Crippen molar-refractivity contribution in [3.8, 4) is 0 Å². The topological polar surface area (TPSA) is 38.0 Å². The van der Waals surface area contributed by atoms with Crippen LogP contribution in [0.15, 0.2) is 12.1 Å². The predicted octanol–water partition coefficient (Wildman–Crippen LogP) is 3.88. The largest absolute Gasteiger partial charge is 0.397 e. The zero-order chi connectivity index (χ0) is 12.4. The molecule has 94 valence electrons. The van der Waals surface area contributed by atoms with Gasteiger partial charge in [-0.3, -0.25) is 0 Å². The molecule has 1 fully saturated rings. The number of benzene rings is 1. The number of nitrogens with two attached hydrogens (primary N) is 1. The van der Waals surface area contributed by atoms with Crippen LogP contribution in [0, 0.1) is 19.8 Å². The Hall–Kier alpha value is -1.18. The lowest BCUT2D eigenvalue weighted by molar-refractivity contribution is 0.361. The molecule has 1 aliphatic rings. The summed E-state index contributed by atoms with van der Waals surface area (Å²) >= 11 is 0. The molecule has 0 atom stereocenters. The quantitative estimate of drug-likeness (QED) is 0.759. The van der Waals surface area contributed by atoms with Crippen LogP contribution in [-0.2, 0) is 0 Å². The summed E-state index contributed by atoms with van der Waals surface area (Å²) in [6.45, 7) is 6.60. The number of hydrogen-bond donors (Lipinski definition) is 2. The first-order chi connectivity index (χ1) is 8.06. The van der Waals surface area contributed by atoms with Crippen LogP contribution in [0.4, 0.5) is 11.4 Å². The van der Waals surface area contributed by atoms with Gasteiger partial charge in [0.05, 0.1) is 11.4 Å². The van der Waals surface area contributed by atoms with Gasteiger partial charge in [-0.15, -0.1) is 0 Å². The summed E-state index contributed by atoms with van der Waals surface area (Å²) in [5.74, 6) is 0.894.